The van der Waals surface area contributed by atoms with Gasteiger partial charge >= 0.3 is 0 Å². The molecular formula is C54H46ClN4O+. The van der Waals surface area contributed by atoms with Crippen molar-refractivity contribution in [2.45, 2.75) is 31.5 Å². The van der Waals surface area contributed by atoms with Crippen molar-refractivity contribution in [2.24, 2.45) is 11.8 Å². The lowest BCUT2D eigenvalue weighted by Gasteiger charge is -2.58. The van der Waals surface area contributed by atoms with E-state index in [1.807, 2.05) is 54.7 Å². The normalized spacial score (nSPS) is 20.1. The van der Waals surface area contributed by atoms with E-state index in [0.717, 1.165) is 64.6 Å². The summed E-state index contributed by atoms with van der Waals surface area (Å²) in [7, 11) is 0. The second-order valence-electron chi connectivity index (χ2n) is 16.4. The molecule has 2 aromatic heterocycles. The van der Waals surface area contributed by atoms with E-state index in [1.54, 1.807) is 0 Å². The van der Waals surface area contributed by atoms with Gasteiger partial charge in [-0.2, -0.15) is 4.98 Å². The monoisotopic (exact) mass is 801 g/mol. The summed E-state index contributed by atoms with van der Waals surface area (Å²) in [5.74, 6) is 1.89. The highest BCUT2D eigenvalue weighted by molar-refractivity contribution is 6.32. The zero-order valence-electron chi connectivity index (χ0n) is 33.4. The smallest absolute Gasteiger partial charge is 0.227 e. The van der Waals surface area contributed by atoms with Gasteiger partial charge in [0, 0.05) is 47.0 Å². The number of hydrogen-bond donors (Lipinski definition) is 0. The third kappa shape index (κ3) is 7.29. The molecule has 6 aromatic carbocycles. The molecule has 5 atom stereocenters. The zero-order chi connectivity index (χ0) is 40.5. The summed E-state index contributed by atoms with van der Waals surface area (Å²) in [6.45, 7) is 7.25. The Morgan fingerprint density at radius 3 is 1.93 bits per heavy atom. The van der Waals surface area contributed by atoms with Crippen LogP contribution in [0, 0.1) is 11.8 Å². The van der Waals surface area contributed by atoms with E-state index >= 15 is 0 Å². The summed E-state index contributed by atoms with van der Waals surface area (Å²) in [4.78, 5) is 14.9. The minimum absolute atomic E-state index is 0.0730. The molecule has 60 heavy (non-hydrogen) atoms. The molecule has 2 bridgehead atoms. The summed E-state index contributed by atoms with van der Waals surface area (Å²) in [6, 6.07) is 59.5. The highest BCUT2D eigenvalue weighted by Crippen LogP contribution is 2.50. The van der Waals surface area contributed by atoms with Gasteiger partial charge in [0.15, 0.2) is 11.9 Å². The number of hydrogen-bond acceptors (Lipinski definition) is 4. The van der Waals surface area contributed by atoms with Crippen molar-refractivity contribution in [3.8, 4) is 50.6 Å². The largest absolute Gasteiger partial charge is 0.462 e. The second kappa shape index (κ2) is 16.3. The number of pyridine rings is 1. The van der Waals surface area contributed by atoms with Crippen molar-refractivity contribution < 1.29 is 9.22 Å². The zero-order valence-corrected chi connectivity index (χ0v) is 34.2. The maximum Gasteiger partial charge on any atom is 0.227 e. The van der Waals surface area contributed by atoms with Gasteiger partial charge in [0.2, 0.25) is 5.88 Å². The van der Waals surface area contributed by atoms with E-state index in [-0.39, 0.29) is 6.04 Å². The number of aromatic nitrogens is 3. The van der Waals surface area contributed by atoms with Gasteiger partial charge in [-0.05, 0) is 64.1 Å². The van der Waals surface area contributed by atoms with Gasteiger partial charge in [0.1, 0.15) is 17.7 Å². The van der Waals surface area contributed by atoms with Gasteiger partial charge in [-0.3, -0.25) is 4.98 Å². The van der Waals surface area contributed by atoms with Crippen LogP contribution in [0.2, 0.25) is 5.15 Å². The van der Waals surface area contributed by atoms with Crippen LogP contribution in [0.3, 0.4) is 0 Å². The summed E-state index contributed by atoms with van der Waals surface area (Å²) in [5.41, 5.74) is 10.7. The Balaban J connectivity index is 1.16. The molecule has 294 valence electrons. The number of para-hydroxylation sites is 1. The lowest BCUT2D eigenvalue weighted by atomic mass is 9.71. The van der Waals surface area contributed by atoms with Gasteiger partial charge in [0.05, 0.1) is 24.2 Å². The molecule has 5 nitrogen and oxygen atoms in total. The predicted octanol–water partition coefficient (Wildman–Crippen LogP) is 13.1. The van der Waals surface area contributed by atoms with Crippen LogP contribution in [0.1, 0.15) is 30.1 Å². The molecule has 5 heterocycles. The molecule has 0 amide bonds. The van der Waals surface area contributed by atoms with Crippen molar-refractivity contribution >= 4 is 22.5 Å². The van der Waals surface area contributed by atoms with Crippen LogP contribution in [0.5, 0.6) is 5.88 Å². The topological polar surface area (TPSA) is 47.9 Å². The Kier molecular flexibility index (Phi) is 10.3. The van der Waals surface area contributed by atoms with Crippen molar-refractivity contribution in [3.05, 3.63) is 205 Å². The van der Waals surface area contributed by atoms with Crippen molar-refractivity contribution in [1.29, 1.82) is 0 Å². The van der Waals surface area contributed by atoms with E-state index in [0.29, 0.717) is 34.3 Å². The van der Waals surface area contributed by atoms with Crippen LogP contribution in [0.15, 0.2) is 189 Å². The molecule has 6 heteroatoms. The third-order valence-electron chi connectivity index (χ3n) is 12.9. The van der Waals surface area contributed by atoms with E-state index in [9.17, 15) is 0 Å². The Morgan fingerprint density at radius 1 is 0.683 bits per heavy atom. The van der Waals surface area contributed by atoms with Crippen LogP contribution >= 0.6 is 11.6 Å². The van der Waals surface area contributed by atoms with E-state index in [1.165, 1.54) is 27.8 Å². The predicted molar refractivity (Wildman–Crippen MR) is 244 cm³/mol. The number of piperidine rings is 3. The molecule has 8 aromatic rings. The van der Waals surface area contributed by atoms with Crippen LogP contribution < -0.4 is 4.74 Å². The van der Waals surface area contributed by atoms with Crippen LogP contribution in [-0.2, 0) is 6.54 Å². The minimum atomic E-state index is -0.394. The first kappa shape index (κ1) is 37.8. The fourth-order valence-corrected chi connectivity index (χ4v) is 10.3. The molecule has 3 fully saturated rings. The van der Waals surface area contributed by atoms with Crippen molar-refractivity contribution in [2.75, 3.05) is 13.1 Å². The minimum Gasteiger partial charge on any atom is -0.462 e. The maximum absolute atomic E-state index is 7.64. The molecule has 0 spiro atoms. The SMILES string of the molecule is C=CC1C[N+]2(Cc3cc(-c4ccccc4)cc(-c4ccccc4)c3)CCC1CC2[C@@H](Oc1nc(-c2ccccc2)nc(Cl)c1-c1ccccc1)c1ccnc2ccccc12. The number of quaternary nitrogens is 1. The molecule has 3 saturated heterocycles. The quantitative estimate of drug-likeness (QED) is 0.0742. The molecular weight excluding hydrogens is 756 g/mol. The van der Waals surface area contributed by atoms with Crippen LogP contribution in [-0.4, -0.2) is 38.6 Å². The molecule has 0 saturated carbocycles. The molecule has 11 rings (SSSR count). The molecule has 3 aliphatic heterocycles. The lowest BCUT2D eigenvalue weighted by Crippen LogP contribution is -2.68. The summed E-state index contributed by atoms with van der Waals surface area (Å²) < 4.78 is 8.50. The van der Waals surface area contributed by atoms with Crippen LogP contribution in [0.25, 0.3) is 55.7 Å². The first-order chi connectivity index (χ1) is 29.5. The molecule has 0 aliphatic carbocycles. The molecule has 0 N–H and O–H groups in total. The van der Waals surface area contributed by atoms with Gasteiger partial charge in [-0.15, -0.1) is 6.58 Å². The van der Waals surface area contributed by atoms with E-state index in [2.05, 4.69) is 134 Å². The number of ether oxygens (including phenoxy) is 1. The Hall–Kier alpha value is -6.40. The standard InChI is InChI=1S/C54H46ClN4O/c1-2-38-36-59(35-37-31-44(39-17-7-3-8-18-39)33-45(32-37)40-19-9-4-10-20-40)30-28-43(38)34-49(59)51(47-27-29-56-48-26-16-15-25-46(47)48)60-54-50(41-21-11-5-12-22-41)52(55)57-53(58-54)42-23-13-6-14-24-42/h2-27,29,31-33,38,43,49,51H,1,28,30,34-36H2/q+1/t38?,43?,49?,51-,59?/m0/s1. The summed E-state index contributed by atoms with van der Waals surface area (Å²) >= 11 is 7.24. The first-order valence-corrected chi connectivity index (χ1v) is 21.3. The lowest BCUT2D eigenvalue weighted by molar-refractivity contribution is -0.984. The fourth-order valence-electron chi connectivity index (χ4n) is 10.0. The highest BCUT2D eigenvalue weighted by Gasteiger charge is 2.55. The van der Waals surface area contributed by atoms with Gasteiger partial charge < -0.3 is 9.22 Å². The van der Waals surface area contributed by atoms with Crippen molar-refractivity contribution in [1.82, 2.24) is 15.0 Å². The highest BCUT2D eigenvalue weighted by atomic mass is 35.5. The second-order valence-corrected chi connectivity index (χ2v) is 16.7. The van der Waals surface area contributed by atoms with Gasteiger partial charge in [0.25, 0.3) is 0 Å². The molecule has 0 radical (unpaired) electrons. The Labute approximate surface area is 357 Å². The van der Waals surface area contributed by atoms with Crippen LogP contribution in [0.4, 0.5) is 0 Å². The number of halogens is 1. The molecule has 4 unspecified atom stereocenters. The number of nitrogens with zero attached hydrogens (tertiary/aromatic N) is 4. The summed E-state index contributed by atoms with van der Waals surface area (Å²) in [6.07, 6.45) is 5.86. The average Bonchev–Trinajstić information content (AvgIpc) is 3.31. The first-order valence-electron chi connectivity index (χ1n) is 21.0. The third-order valence-corrected chi connectivity index (χ3v) is 13.2. The summed E-state index contributed by atoms with van der Waals surface area (Å²) in [5, 5.41) is 1.43. The van der Waals surface area contributed by atoms with Crippen molar-refractivity contribution in [3.63, 3.8) is 0 Å². The Bertz CT molecular complexity index is 2720. The van der Waals surface area contributed by atoms with Gasteiger partial charge in [-0.25, -0.2) is 4.98 Å². The Morgan fingerprint density at radius 2 is 1.28 bits per heavy atom. The van der Waals surface area contributed by atoms with Gasteiger partial charge in [-0.1, -0.05) is 157 Å². The number of benzene rings is 6. The number of rotatable bonds is 11. The fraction of sp³-hybridized carbons (Fsp3) is 0.167. The average molecular weight is 802 g/mol. The maximum atomic E-state index is 7.64. The molecule has 3 aliphatic rings. The number of fused-ring (bicyclic) bond motifs is 4. The van der Waals surface area contributed by atoms with E-state index < -0.39 is 6.10 Å². The van der Waals surface area contributed by atoms with E-state index in [4.69, 9.17) is 31.3 Å².